The molecule has 4 aromatic rings. The maximum Gasteiger partial charge on any atom is 0.146 e. The second-order valence-electron chi connectivity index (χ2n) is 9.21. The number of hydrogen-bond acceptors (Lipinski definition) is 1. The van der Waals surface area contributed by atoms with Gasteiger partial charge in [-0.2, -0.15) is 0 Å². The molecule has 0 bridgehead atoms. The highest BCUT2D eigenvalue weighted by Crippen LogP contribution is 2.40. The summed E-state index contributed by atoms with van der Waals surface area (Å²) < 4.78 is 17.7. The van der Waals surface area contributed by atoms with Crippen molar-refractivity contribution in [1.29, 1.82) is 0 Å². The van der Waals surface area contributed by atoms with E-state index in [2.05, 4.69) is 56.4 Å². The van der Waals surface area contributed by atoms with Crippen molar-refractivity contribution in [1.82, 2.24) is 9.38 Å². The van der Waals surface area contributed by atoms with Crippen molar-refractivity contribution in [2.24, 2.45) is 0 Å². The van der Waals surface area contributed by atoms with E-state index in [1.165, 1.54) is 29.6 Å². The van der Waals surface area contributed by atoms with Crippen LogP contribution in [0.1, 0.15) is 81.8 Å². The Labute approximate surface area is 179 Å². The lowest BCUT2D eigenvalue weighted by Crippen LogP contribution is -2.11. The van der Waals surface area contributed by atoms with Crippen LogP contribution in [0.4, 0.5) is 4.39 Å². The molecule has 0 radical (unpaired) electrons. The largest absolute Gasteiger partial charge is 0.296 e. The molecule has 2 nitrogen and oxygen atoms in total. The molecule has 3 heteroatoms. The summed E-state index contributed by atoms with van der Waals surface area (Å²) in [6.45, 7) is 12.1. The van der Waals surface area contributed by atoms with Gasteiger partial charge in [0.05, 0.1) is 11.2 Å². The third-order valence-corrected chi connectivity index (χ3v) is 6.50. The predicted octanol–water partition coefficient (Wildman–Crippen LogP) is 8.15. The number of imidazole rings is 1. The van der Waals surface area contributed by atoms with Gasteiger partial charge in [-0.15, -0.1) is 0 Å². The lowest BCUT2D eigenvalue weighted by molar-refractivity contribution is 0.224. The van der Waals surface area contributed by atoms with Crippen LogP contribution in [0.5, 0.6) is 0 Å². The SMILES string of the molecule is CCCCC(CC)c1c(C)nc2c3c(C(C)(C)F)cccc3c3ccc(C)cc3n12. The van der Waals surface area contributed by atoms with Gasteiger partial charge in [0.25, 0.3) is 0 Å². The van der Waals surface area contributed by atoms with E-state index in [4.69, 9.17) is 4.98 Å². The van der Waals surface area contributed by atoms with E-state index >= 15 is 4.39 Å². The lowest BCUT2D eigenvalue weighted by Gasteiger charge is -2.21. The average molecular weight is 405 g/mol. The summed E-state index contributed by atoms with van der Waals surface area (Å²) in [6, 6.07) is 12.6. The molecule has 158 valence electrons. The monoisotopic (exact) mass is 404 g/mol. The van der Waals surface area contributed by atoms with Crippen LogP contribution in [-0.4, -0.2) is 9.38 Å². The minimum atomic E-state index is -1.44. The maximum atomic E-state index is 15.3. The molecule has 0 saturated carbocycles. The van der Waals surface area contributed by atoms with E-state index in [1.54, 1.807) is 13.8 Å². The number of pyridine rings is 1. The van der Waals surface area contributed by atoms with Gasteiger partial charge < -0.3 is 0 Å². The number of hydrogen-bond donors (Lipinski definition) is 0. The van der Waals surface area contributed by atoms with E-state index in [0.717, 1.165) is 40.3 Å². The van der Waals surface area contributed by atoms with Crippen LogP contribution >= 0.6 is 0 Å². The molecule has 1 unspecified atom stereocenters. The zero-order chi connectivity index (χ0) is 21.6. The molecule has 1 atom stereocenters. The van der Waals surface area contributed by atoms with Crippen molar-refractivity contribution < 1.29 is 4.39 Å². The fraction of sp³-hybridized carbons (Fsp3) is 0.444. The van der Waals surface area contributed by atoms with Gasteiger partial charge in [0.2, 0.25) is 0 Å². The molecule has 0 aliphatic rings. The van der Waals surface area contributed by atoms with E-state index in [-0.39, 0.29) is 0 Å². The van der Waals surface area contributed by atoms with Gasteiger partial charge in [-0.3, -0.25) is 4.40 Å². The molecule has 0 amide bonds. The lowest BCUT2D eigenvalue weighted by atomic mass is 9.92. The molecular weight excluding hydrogens is 371 g/mol. The van der Waals surface area contributed by atoms with Gasteiger partial charge in [-0.25, -0.2) is 9.37 Å². The fourth-order valence-corrected chi connectivity index (χ4v) is 4.98. The highest BCUT2D eigenvalue weighted by Gasteiger charge is 2.27. The molecular formula is C27H33FN2. The first-order valence-electron chi connectivity index (χ1n) is 11.3. The Morgan fingerprint density at radius 1 is 1.07 bits per heavy atom. The summed E-state index contributed by atoms with van der Waals surface area (Å²) in [4.78, 5) is 5.07. The molecule has 0 N–H and O–H groups in total. The predicted molar refractivity (Wildman–Crippen MR) is 126 cm³/mol. The van der Waals surface area contributed by atoms with Gasteiger partial charge in [-0.1, -0.05) is 57.0 Å². The number of alkyl halides is 1. The molecule has 0 aliphatic heterocycles. The molecule has 30 heavy (non-hydrogen) atoms. The Morgan fingerprint density at radius 3 is 2.50 bits per heavy atom. The number of aryl methyl sites for hydroxylation is 2. The minimum absolute atomic E-state index is 0.451. The van der Waals surface area contributed by atoms with Crippen LogP contribution in [0.3, 0.4) is 0 Å². The number of aromatic nitrogens is 2. The Kier molecular flexibility index (Phi) is 5.34. The normalized spacial score (nSPS) is 13.6. The van der Waals surface area contributed by atoms with Crippen molar-refractivity contribution in [2.45, 2.75) is 78.8 Å². The van der Waals surface area contributed by atoms with E-state index in [9.17, 15) is 0 Å². The van der Waals surface area contributed by atoms with Gasteiger partial charge in [-0.05, 0) is 57.6 Å². The second kappa shape index (κ2) is 7.68. The van der Waals surface area contributed by atoms with Gasteiger partial charge in [0.1, 0.15) is 11.3 Å². The smallest absolute Gasteiger partial charge is 0.146 e. The van der Waals surface area contributed by atoms with Crippen LogP contribution in [-0.2, 0) is 5.67 Å². The zero-order valence-electron chi connectivity index (χ0n) is 19.1. The van der Waals surface area contributed by atoms with E-state index < -0.39 is 5.67 Å². The zero-order valence-corrected chi connectivity index (χ0v) is 19.1. The van der Waals surface area contributed by atoms with Crippen LogP contribution in [0.25, 0.3) is 27.3 Å². The highest BCUT2D eigenvalue weighted by atomic mass is 19.1. The molecule has 2 aromatic carbocycles. The molecule has 2 heterocycles. The maximum absolute atomic E-state index is 15.3. The third kappa shape index (κ3) is 3.29. The molecule has 0 fully saturated rings. The average Bonchev–Trinajstić information content (AvgIpc) is 3.05. The standard InChI is InChI=1S/C27H33FN2/c1-7-9-11-19(8-2)25-18(4)29-26-24-21(12-10-13-22(24)27(5,6)28)20-15-14-17(3)16-23(20)30(25)26/h10,12-16,19H,7-9,11H2,1-6H3. The summed E-state index contributed by atoms with van der Waals surface area (Å²) in [5.41, 5.74) is 4.94. The molecule has 4 rings (SSSR count). The number of nitrogens with zero attached hydrogens (tertiary/aromatic N) is 2. The van der Waals surface area contributed by atoms with Gasteiger partial charge in [0, 0.05) is 27.9 Å². The molecule has 0 saturated heterocycles. The van der Waals surface area contributed by atoms with Crippen LogP contribution in [0.15, 0.2) is 36.4 Å². The van der Waals surface area contributed by atoms with Crippen molar-refractivity contribution in [3.8, 4) is 0 Å². The molecule has 2 aromatic heterocycles. The summed E-state index contributed by atoms with van der Waals surface area (Å²) in [5.74, 6) is 0.451. The number of fused-ring (bicyclic) bond motifs is 6. The Bertz CT molecular complexity index is 1230. The number of halogens is 1. The quantitative estimate of drug-likeness (QED) is 0.296. The first kappa shape index (κ1) is 20.8. The highest BCUT2D eigenvalue weighted by molar-refractivity contribution is 6.13. The Morgan fingerprint density at radius 2 is 1.83 bits per heavy atom. The molecule has 0 aliphatic carbocycles. The van der Waals surface area contributed by atoms with Gasteiger partial charge in [0.15, 0.2) is 0 Å². The van der Waals surface area contributed by atoms with E-state index in [1.807, 2.05) is 12.1 Å². The van der Waals surface area contributed by atoms with E-state index in [0.29, 0.717) is 11.5 Å². The Hall–Kier alpha value is -2.42. The fourth-order valence-electron chi connectivity index (χ4n) is 4.98. The number of rotatable bonds is 6. The third-order valence-electron chi connectivity index (χ3n) is 6.50. The summed E-state index contributed by atoms with van der Waals surface area (Å²) in [6.07, 6.45) is 4.63. The number of benzene rings is 2. The summed E-state index contributed by atoms with van der Waals surface area (Å²) in [5, 5.41) is 3.19. The summed E-state index contributed by atoms with van der Waals surface area (Å²) >= 11 is 0. The second-order valence-corrected chi connectivity index (χ2v) is 9.21. The van der Waals surface area contributed by atoms with Crippen LogP contribution in [0, 0.1) is 13.8 Å². The van der Waals surface area contributed by atoms with Crippen molar-refractivity contribution >= 4 is 27.3 Å². The van der Waals surface area contributed by atoms with Gasteiger partial charge >= 0.3 is 0 Å². The van der Waals surface area contributed by atoms with Crippen LogP contribution in [0.2, 0.25) is 0 Å². The first-order valence-corrected chi connectivity index (χ1v) is 11.3. The minimum Gasteiger partial charge on any atom is -0.296 e. The van der Waals surface area contributed by atoms with Crippen molar-refractivity contribution in [3.63, 3.8) is 0 Å². The van der Waals surface area contributed by atoms with Crippen LogP contribution < -0.4 is 0 Å². The Balaban J connectivity index is 2.23. The van der Waals surface area contributed by atoms with Crippen molar-refractivity contribution in [3.05, 3.63) is 58.9 Å². The number of unbranched alkanes of at least 4 members (excludes halogenated alkanes) is 1. The molecule has 0 spiro atoms. The summed E-state index contributed by atoms with van der Waals surface area (Å²) in [7, 11) is 0. The topological polar surface area (TPSA) is 17.3 Å². The first-order chi connectivity index (χ1) is 14.3. The van der Waals surface area contributed by atoms with Crippen molar-refractivity contribution in [2.75, 3.05) is 0 Å².